The Morgan fingerprint density at radius 1 is 1.00 bits per heavy atom. The predicted octanol–water partition coefficient (Wildman–Crippen LogP) is 3.62. The molecule has 27 heavy (non-hydrogen) atoms. The zero-order valence-corrected chi connectivity index (χ0v) is 15.8. The van der Waals surface area contributed by atoms with E-state index >= 15 is 0 Å². The van der Waals surface area contributed by atoms with E-state index in [0.717, 1.165) is 55.0 Å². The largest absolute Gasteiger partial charge is 0.486 e. The fourth-order valence-corrected chi connectivity index (χ4v) is 3.97. The van der Waals surface area contributed by atoms with Crippen molar-refractivity contribution in [2.45, 2.75) is 25.4 Å². The maximum Gasteiger partial charge on any atom is 0.161 e. The molecule has 2 aromatic carbocycles. The Morgan fingerprint density at radius 3 is 2.56 bits per heavy atom. The molecule has 0 aliphatic carbocycles. The van der Waals surface area contributed by atoms with Crippen LogP contribution >= 0.6 is 0 Å². The number of nitrogens with one attached hydrogen (secondary N) is 1. The first-order chi connectivity index (χ1) is 13.3. The number of nitrogens with two attached hydrogens (primary N) is 1. The monoisotopic (exact) mass is 367 g/mol. The van der Waals surface area contributed by atoms with Crippen LogP contribution in [0, 0.1) is 5.92 Å². The van der Waals surface area contributed by atoms with Gasteiger partial charge < -0.3 is 20.5 Å². The van der Waals surface area contributed by atoms with Crippen LogP contribution < -0.4 is 20.5 Å². The first kappa shape index (κ1) is 18.0. The summed E-state index contributed by atoms with van der Waals surface area (Å²) in [5.74, 6) is 2.51. The van der Waals surface area contributed by atoms with Crippen molar-refractivity contribution in [2.24, 2.45) is 5.92 Å². The van der Waals surface area contributed by atoms with E-state index < -0.39 is 0 Å². The van der Waals surface area contributed by atoms with Crippen LogP contribution in [0.1, 0.15) is 19.3 Å². The van der Waals surface area contributed by atoms with Gasteiger partial charge in [0, 0.05) is 13.1 Å². The third-order valence-electron chi connectivity index (χ3n) is 5.57. The van der Waals surface area contributed by atoms with Gasteiger partial charge in [0.15, 0.2) is 11.5 Å². The Kier molecular flexibility index (Phi) is 5.68. The molecule has 144 valence electrons. The van der Waals surface area contributed by atoms with Gasteiger partial charge in [-0.3, -0.25) is 4.90 Å². The van der Waals surface area contributed by atoms with Gasteiger partial charge in [-0.1, -0.05) is 24.3 Å². The van der Waals surface area contributed by atoms with Crippen molar-refractivity contribution in [3.63, 3.8) is 0 Å². The number of hydrogen-bond donors (Lipinski definition) is 2. The van der Waals surface area contributed by atoms with Gasteiger partial charge in [0.1, 0.15) is 12.7 Å². The molecule has 1 atom stereocenters. The number of likely N-dealkylation sites (tertiary alicyclic amines) is 1. The number of ether oxygens (including phenoxy) is 2. The first-order valence-electron chi connectivity index (χ1n) is 9.97. The van der Waals surface area contributed by atoms with Gasteiger partial charge in [0.2, 0.25) is 0 Å². The molecule has 1 fully saturated rings. The summed E-state index contributed by atoms with van der Waals surface area (Å²) in [5.41, 5.74) is 7.85. The van der Waals surface area contributed by atoms with Gasteiger partial charge in [-0.05, 0) is 62.5 Å². The predicted molar refractivity (Wildman–Crippen MR) is 109 cm³/mol. The van der Waals surface area contributed by atoms with E-state index in [1.54, 1.807) is 0 Å². The van der Waals surface area contributed by atoms with Gasteiger partial charge in [-0.15, -0.1) is 0 Å². The van der Waals surface area contributed by atoms with Gasteiger partial charge >= 0.3 is 0 Å². The van der Waals surface area contributed by atoms with E-state index in [9.17, 15) is 0 Å². The van der Waals surface area contributed by atoms with E-state index in [2.05, 4.69) is 10.2 Å². The summed E-state index contributed by atoms with van der Waals surface area (Å²) in [6.07, 6.45) is 3.81. The van der Waals surface area contributed by atoms with Crippen LogP contribution in [-0.4, -0.2) is 43.8 Å². The summed E-state index contributed by atoms with van der Waals surface area (Å²) in [7, 11) is 0. The zero-order valence-electron chi connectivity index (χ0n) is 15.8. The lowest BCUT2D eigenvalue weighted by Crippen LogP contribution is -2.44. The average Bonchev–Trinajstić information content (AvgIpc) is 2.71. The number of para-hydroxylation sites is 4. The second-order valence-corrected chi connectivity index (χ2v) is 7.54. The summed E-state index contributed by atoms with van der Waals surface area (Å²) in [4.78, 5) is 2.51. The first-order valence-corrected chi connectivity index (χ1v) is 9.97. The van der Waals surface area contributed by atoms with Crippen molar-refractivity contribution >= 4 is 11.4 Å². The number of nitrogen functional groups attached to an aromatic ring is 1. The van der Waals surface area contributed by atoms with Crippen LogP contribution in [0.4, 0.5) is 11.4 Å². The highest BCUT2D eigenvalue weighted by Crippen LogP contribution is 2.31. The molecule has 5 heteroatoms. The molecule has 1 unspecified atom stereocenters. The number of benzene rings is 2. The van der Waals surface area contributed by atoms with Crippen molar-refractivity contribution < 1.29 is 9.47 Å². The fraction of sp³-hybridized carbons (Fsp3) is 0.455. The highest BCUT2D eigenvalue weighted by molar-refractivity contribution is 5.65. The molecule has 0 amide bonds. The molecule has 0 bridgehead atoms. The Bertz CT molecular complexity index is 744. The fourth-order valence-electron chi connectivity index (χ4n) is 3.97. The number of anilines is 2. The van der Waals surface area contributed by atoms with Gasteiger partial charge in [-0.25, -0.2) is 0 Å². The summed E-state index contributed by atoms with van der Waals surface area (Å²) in [5, 5.41) is 3.47. The molecular formula is C22H29N3O2. The zero-order chi connectivity index (χ0) is 18.5. The lowest BCUT2D eigenvalue weighted by molar-refractivity contribution is 0.0475. The van der Waals surface area contributed by atoms with Crippen molar-refractivity contribution in [3.8, 4) is 11.5 Å². The second kappa shape index (κ2) is 8.53. The summed E-state index contributed by atoms with van der Waals surface area (Å²) >= 11 is 0. The number of nitrogens with zero attached hydrogens (tertiary/aromatic N) is 1. The highest BCUT2D eigenvalue weighted by Gasteiger charge is 2.25. The molecule has 0 aromatic heterocycles. The van der Waals surface area contributed by atoms with Crippen LogP contribution in [0.3, 0.4) is 0 Å². The Hall–Kier alpha value is -2.40. The number of hydrogen-bond acceptors (Lipinski definition) is 5. The molecule has 2 heterocycles. The average molecular weight is 367 g/mol. The van der Waals surface area contributed by atoms with E-state index in [1.807, 2.05) is 48.5 Å². The number of fused-ring (bicyclic) bond motifs is 1. The van der Waals surface area contributed by atoms with E-state index in [4.69, 9.17) is 15.2 Å². The van der Waals surface area contributed by atoms with Crippen LogP contribution in [0.2, 0.25) is 0 Å². The number of piperidine rings is 1. The van der Waals surface area contributed by atoms with E-state index in [0.29, 0.717) is 6.61 Å². The molecule has 5 nitrogen and oxygen atoms in total. The van der Waals surface area contributed by atoms with Crippen LogP contribution in [0.5, 0.6) is 11.5 Å². The number of rotatable bonds is 6. The lowest BCUT2D eigenvalue weighted by atomic mass is 9.93. The maximum absolute atomic E-state index is 6.10. The molecule has 0 saturated carbocycles. The molecule has 0 radical (unpaired) electrons. The molecular weight excluding hydrogens is 338 g/mol. The standard InChI is InChI=1S/C22H29N3O2/c23-19-5-1-2-6-20(19)24-12-9-17-10-13-25(14-11-17)15-18-16-26-21-7-3-4-8-22(21)27-18/h1-8,17-18,24H,9-16,23H2. The molecule has 2 aromatic rings. The summed E-state index contributed by atoms with van der Waals surface area (Å²) in [6.45, 7) is 4.84. The lowest BCUT2D eigenvalue weighted by Gasteiger charge is -2.35. The van der Waals surface area contributed by atoms with Crippen LogP contribution in [-0.2, 0) is 0 Å². The Balaban J connectivity index is 1.17. The van der Waals surface area contributed by atoms with Gasteiger partial charge in [0.25, 0.3) is 0 Å². The normalized spacial score (nSPS) is 20.4. The van der Waals surface area contributed by atoms with E-state index in [1.165, 1.54) is 19.3 Å². The van der Waals surface area contributed by atoms with Crippen molar-refractivity contribution in [1.82, 2.24) is 4.90 Å². The molecule has 3 N–H and O–H groups in total. The maximum atomic E-state index is 6.10. The topological polar surface area (TPSA) is 59.8 Å². The van der Waals surface area contributed by atoms with Gasteiger partial charge in [-0.2, -0.15) is 0 Å². The smallest absolute Gasteiger partial charge is 0.161 e. The quantitative estimate of drug-likeness (QED) is 0.764. The molecule has 1 saturated heterocycles. The third kappa shape index (κ3) is 4.66. The van der Waals surface area contributed by atoms with Crippen molar-refractivity contribution in [2.75, 3.05) is 43.8 Å². The highest BCUT2D eigenvalue weighted by atomic mass is 16.6. The minimum Gasteiger partial charge on any atom is -0.486 e. The molecule has 2 aliphatic rings. The SMILES string of the molecule is Nc1ccccc1NCCC1CCN(CC2COc3ccccc3O2)CC1. The molecule has 0 spiro atoms. The van der Waals surface area contributed by atoms with Crippen molar-refractivity contribution in [3.05, 3.63) is 48.5 Å². The van der Waals surface area contributed by atoms with Crippen molar-refractivity contribution in [1.29, 1.82) is 0 Å². The second-order valence-electron chi connectivity index (χ2n) is 7.54. The summed E-state index contributed by atoms with van der Waals surface area (Å²) in [6, 6.07) is 15.9. The minimum absolute atomic E-state index is 0.124. The Morgan fingerprint density at radius 2 is 1.74 bits per heavy atom. The van der Waals surface area contributed by atoms with Gasteiger partial charge in [0.05, 0.1) is 11.4 Å². The van der Waals surface area contributed by atoms with Crippen LogP contribution in [0.15, 0.2) is 48.5 Å². The molecule has 4 rings (SSSR count). The molecule has 2 aliphatic heterocycles. The Labute approximate surface area is 161 Å². The van der Waals surface area contributed by atoms with Crippen LogP contribution in [0.25, 0.3) is 0 Å². The minimum atomic E-state index is 0.124. The summed E-state index contributed by atoms with van der Waals surface area (Å²) < 4.78 is 11.9. The van der Waals surface area contributed by atoms with E-state index in [-0.39, 0.29) is 6.10 Å². The third-order valence-corrected chi connectivity index (χ3v) is 5.57.